The fraction of sp³-hybridized carbons (Fsp3) is 0.444. The van der Waals surface area contributed by atoms with E-state index in [9.17, 15) is 9.59 Å². The zero-order chi connectivity index (χ0) is 11.6. The average Bonchev–Trinajstić information content (AvgIpc) is 2.46. The van der Waals surface area contributed by atoms with E-state index in [0.29, 0.717) is 0 Å². The van der Waals surface area contributed by atoms with Crippen molar-refractivity contribution in [1.82, 2.24) is 4.98 Å². The van der Waals surface area contributed by atoms with Gasteiger partial charge in [-0.1, -0.05) is 13.8 Å². The van der Waals surface area contributed by atoms with Crippen molar-refractivity contribution in [1.29, 1.82) is 0 Å². The Hall–Kier alpha value is -1.85. The fourth-order valence-corrected chi connectivity index (χ4v) is 0.898. The standard InChI is InChI=1S/C9H12N2O4/c1-4(2)7(12)11-9-10-5(3)6(15-9)8(13)14/h4H,1-3H3,(H,13,14)(H,10,11,12). The molecule has 0 spiro atoms. The molecule has 1 aromatic heterocycles. The zero-order valence-electron chi connectivity index (χ0n) is 8.70. The van der Waals surface area contributed by atoms with Crippen molar-refractivity contribution in [2.75, 3.05) is 5.32 Å². The first-order chi connectivity index (χ1) is 6.91. The lowest BCUT2D eigenvalue weighted by Gasteiger charge is -2.02. The second kappa shape index (κ2) is 4.12. The molecular weight excluding hydrogens is 200 g/mol. The number of aromatic carboxylic acids is 1. The summed E-state index contributed by atoms with van der Waals surface area (Å²) in [6.45, 7) is 4.92. The van der Waals surface area contributed by atoms with Gasteiger partial charge in [-0.3, -0.25) is 10.1 Å². The molecule has 0 atom stereocenters. The van der Waals surface area contributed by atoms with Crippen LogP contribution in [0.5, 0.6) is 0 Å². The van der Waals surface area contributed by atoms with Gasteiger partial charge in [0.05, 0.1) is 5.69 Å². The van der Waals surface area contributed by atoms with Gasteiger partial charge in [0.25, 0.3) is 0 Å². The summed E-state index contributed by atoms with van der Waals surface area (Å²) < 4.78 is 4.85. The highest BCUT2D eigenvalue weighted by molar-refractivity contribution is 5.91. The van der Waals surface area contributed by atoms with Crippen LogP contribution >= 0.6 is 0 Å². The van der Waals surface area contributed by atoms with Gasteiger partial charge >= 0.3 is 12.0 Å². The van der Waals surface area contributed by atoms with Crippen molar-refractivity contribution in [3.05, 3.63) is 11.5 Å². The van der Waals surface area contributed by atoms with Crippen LogP contribution < -0.4 is 5.32 Å². The molecule has 1 heterocycles. The Morgan fingerprint density at radius 2 is 2.07 bits per heavy atom. The van der Waals surface area contributed by atoms with Crippen molar-refractivity contribution < 1.29 is 19.1 Å². The second-order valence-corrected chi connectivity index (χ2v) is 3.38. The third-order valence-corrected chi connectivity index (χ3v) is 1.75. The molecule has 6 heteroatoms. The molecular formula is C9H12N2O4. The average molecular weight is 212 g/mol. The summed E-state index contributed by atoms with van der Waals surface area (Å²) >= 11 is 0. The van der Waals surface area contributed by atoms with Crippen LogP contribution in [0.15, 0.2) is 4.42 Å². The number of carboxylic acid groups (broad SMARTS) is 1. The van der Waals surface area contributed by atoms with Gasteiger partial charge in [0.15, 0.2) is 0 Å². The van der Waals surface area contributed by atoms with E-state index in [1.54, 1.807) is 13.8 Å². The Kier molecular flexibility index (Phi) is 3.08. The van der Waals surface area contributed by atoms with E-state index in [0.717, 1.165) is 0 Å². The summed E-state index contributed by atoms with van der Waals surface area (Å²) in [6, 6.07) is -0.0800. The van der Waals surface area contributed by atoms with E-state index in [1.807, 2.05) is 0 Å². The third-order valence-electron chi connectivity index (χ3n) is 1.75. The molecule has 0 saturated carbocycles. The van der Waals surface area contributed by atoms with E-state index >= 15 is 0 Å². The van der Waals surface area contributed by atoms with E-state index in [4.69, 9.17) is 9.52 Å². The number of hydrogen-bond donors (Lipinski definition) is 2. The molecule has 2 N–H and O–H groups in total. The maximum Gasteiger partial charge on any atom is 0.373 e. The summed E-state index contributed by atoms with van der Waals surface area (Å²) in [5, 5.41) is 11.1. The Morgan fingerprint density at radius 3 is 2.47 bits per heavy atom. The van der Waals surface area contributed by atoms with Gasteiger partial charge in [0.2, 0.25) is 11.7 Å². The number of rotatable bonds is 3. The molecule has 0 aliphatic heterocycles. The van der Waals surface area contributed by atoms with Crippen LogP contribution in [-0.4, -0.2) is 22.0 Å². The molecule has 0 bridgehead atoms. The maximum absolute atomic E-state index is 11.2. The SMILES string of the molecule is Cc1nc(NC(=O)C(C)C)oc1C(=O)O. The zero-order valence-corrected chi connectivity index (χ0v) is 8.70. The highest BCUT2D eigenvalue weighted by atomic mass is 16.4. The number of hydrogen-bond acceptors (Lipinski definition) is 4. The van der Waals surface area contributed by atoms with Crippen LogP contribution in [0.25, 0.3) is 0 Å². The highest BCUT2D eigenvalue weighted by Gasteiger charge is 2.18. The van der Waals surface area contributed by atoms with Crippen molar-refractivity contribution in [2.24, 2.45) is 5.92 Å². The lowest BCUT2D eigenvalue weighted by atomic mass is 10.2. The van der Waals surface area contributed by atoms with Crippen LogP contribution in [0, 0.1) is 12.8 Å². The predicted octanol–water partition coefficient (Wildman–Crippen LogP) is 1.28. The molecule has 0 saturated heterocycles. The number of aromatic nitrogens is 1. The monoisotopic (exact) mass is 212 g/mol. The number of nitrogens with one attached hydrogen (secondary N) is 1. The smallest absolute Gasteiger partial charge is 0.373 e. The molecule has 1 rings (SSSR count). The topological polar surface area (TPSA) is 92.4 Å². The molecule has 0 radical (unpaired) electrons. The van der Waals surface area contributed by atoms with E-state index in [-0.39, 0.29) is 29.3 Å². The first kappa shape index (κ1) is 11.2. The highest BCUT2D eigenvalue weighted by Crippen LogP contribution is 2.14. The summed E-state index contributed by atoms with van der Waals surface area (Å²) in [5.74, 6) is -1.95. The van der Waals surface area contributed by atoms with E-state index in [2.05, 4.69) is 10.3 Å². The van der Waals surface area contributed by atoms with Crippen molar-refractivity contribution in [3.63, 3.8) is 0 Å². The molecule has 1 amide bonds. The Labute approximate surface area is 86.3 Å². The molecule has 1 aromatic rings. The normalized spacial score (nSPS) is 10.4. The molecule has 15 heavy (non-hydrogen) atoms. The van der Waals surface area contributed by atoms with Gasteiger partial charge in [-0.25, -0.2) is 4.79 Å². The molecule has 0 aromatic carbocycles. The Bertz CT molecular complexity index is 395. The van der Waals surface area contributed by atoms with Gasteiger partial charge in [-0.05, 0) is 6.92 Å². The van der Waals surface area contributed by atoms with Crippen LogP contribution in [-0.2, 0) is 4.79 Å². The van der Waals surface area contributed by atoms with Gasteiger partial charge in [0.1, 0.15) is 0 Å². The fourth-order valence-electron chi connectivity index (χ4n) is 0.898. The maximum atomic E-state index is 11.2. The quantitative estimate of drug-likeness (QED) is 0.787. The molecule has 0 aliphatic carbocycles. The van der Waals surface area contributed by atoms with Gasteiger partial charge in [-0.15, -0.1) is 0 Å². The summed E-state index contributed by atoms with van der Waals surface area (Å²) in [5.41, 5.74) is 0.238. The lowest BCUT2D eigenvalue weighted by molar-refractivity contribution is -0.119. The minimum atomic E-state index is -1.20. The number of anilines is 1. The number of carboxylic acids is 1. The van der Waals surface area contributed by atoms with Gasteiger partial charge in [0, 0.05) is 5.92 Å². The van der Waals surface area contributed by atoms with Crippen LogP contribution in [0.3, 0.4) is 0 Å². The van der Waals surface area contributed by atoms with Crippen LogP contribution in [0.1, 0.15) is 30.1 Å². The van der Waals surface area contributed by atoms with Crippen molar-refractivity contribution in [3.8, 4) is 0 Å². The van der Waals surface area contributed by atoms with Crippen LogP contribution in [0.2, 0.25) is 0 Å². The van der Waals surface area contributed by atoms with E-state index in [1.165, 1.54) is 6.92 Å². The summed E-state index contributed by atoms with van der Waals surface area (Å²) in [4.78, 5) is 25.6. The Morgan fingerprint density at radius 1 is 1.47 bits per heavy atom. The summed E-state index contributed by atoms with van der Waals surface area (Å²) in [6.07, 6.45) is 0. The molecule has 0 aliphatic rings. The predicted molar refractivity (Wildman–Crippen MR) is 51.7 cm³/mol. The lowest BCUT2D eigenvalue weighted by Crippen LogP contribution is -2.17. The first-order valence-corrected chi connectivity index (χ1v) is 4.43. The van der Waals surface area contributed by atoms with Crippen molar-refractivity contribution >= 4 is 17.9 Å². The molecule has 0 unspecified atom stereocenters. The number of carbonyl (C=O) groups excluding carboxylic acids is 1. The minimum absolute atomic E-state index is 0.0800. The largest absolute Gasteiger partial charge is 0.475 e. The van der Waals surface area contributed by atoms with Gasteiger partial charge in [-0.2, -0.15) is 4.98 Å². The molecule has 82 valence electrons. The van der Waals surface area contributed by atoms with Crippen LogP contribution in [0.4, 0.5) is 6.01 Å². The molecule has 0 fully saturated rings. The van der Waals surface area contributed by atoms with Crippen molar-refractivity contribution in [2.45, 2.75) is 20.8 Å². The third kappa shape index (κ3) is 2.55. The number of oxazole rings is 1. The van der Waals surface area contributed by atoms with Gasteiger partial charge < -0.3 is 9.52 Å². The van der Waals surface area contributed by atoms with E-state index < -0.39 is 5.97 Å². The second-order valence-electron chi connectivity index (χ2n) is 3.38. The number of amides is 1. The minimum Gasteiger partial charge on any atom is -0.475 e. The molecule has 6 nitrogen and oxygen atoms in total. The first-order valence-electron chi connectivity index (χ1n) is 4.43. The number of carbonyl (C=O) groups is 2. The number of nitrogens with zero attached hydrogens (tertiary/aromatic N) is 1. The summed E-state index contributed by atoms with van der Waals surface area (Å²) in [7, 11) is 0. The number of aryl methyl sites for hydroxylation is 1. The Balaban J connectivity index is 2.84.